The van der Waals surface area contributed by atoms with E-state index in [-0.39, 0.29) is 5.04 Å². The van der Waals surface area contributed by atoms with Crippen LogP contribution in [0.15, 0.2) is 233 Å². The molecule has 0 spiro atoms. The molecule has 0 radical (unpaired) electrons. The summed E-state index contributed by atoms with van der Waals surface area (Å²) in [6.45, 7) is 26.9. The zero-order chi connectivity index (χ0) is 48.9. The predicted molar refractivity (Wildman–Crippen MR) is 298 cm³/mol. The number of hydrogen-bond acceptors (Lipinski definition) is 3. The average molecular weight is 952 g/mol. The topological polar surface area (TPSA) is 27.7 Å². The highest BCUT2D eigenvalue weighted by Crippen LogP contribution is 2.37. The van der Waals surface area contributed by atoms with Crippen LogP contribution >= 0.6 is 0 Å². The molecule has 0 saturated carbocycles. The van der Waals surface area contributed by atoms with E-state index in [9.17, 15) is 0 Å². The molecule has 0 heterocycles. The van der Waals surface area contributed by atoms with Crippen LogP contribution in [0.25, 0.3) is 0 Å². The quantitative estimate of drug-likeness (QED) is 0.0597. The molecule has 0 aliphatic heterocycles. The maximum atomic E-state index is 6.43. The number of rotatable bonds is 19. The molecule has 0 saturated heterocycles. The maximum absolute atomic E-state index is 6.43. The van der Waals surface area contributed by atoms with E-state index in [2.05, 4.69) is 250 Å². The summed E-state index contributed by atoms with van der Waals surface area (Å²) in [6, 6.07) is 75.1. The van der Waals surface area contributed by atoms with Gasteiger partial charge in [0.2, 0.25) is 0 Å². The molecule has 0 aliphatic carbocycles. The van der Waals surface area contributed by atoms with E-state index in [4.69, 9.17) is 13.3 Å². The van der Waals surface area contributed by atoms with Crippen molar-refractivity contribution < 1.29 is 13.3 Å². The van der Waals surface area contributed by atoms with Gasteiger partial charge in [-0.05, 0) is 70.0 Å². The Morgan fingerprint density at radius 2 is 0.632 bits per heavy atom. The van der Waals surface area contributed by atoms with E-state index in [1.165, 1.54) is 54.9 Å². The number of aryl methyl sites for hydroxylation is 3. The van der Waals surface area contributed by atoms with Crippen molar-refractivity contribution >= 4 is 35.3 Å². The molecule has 7 aromatic rings. The van der Waals surface area contributed by atoms with Crippen LogP contribution in [-0.2, 0) is 43.5 Å². The Morgan fingerprint density at radius 3 is 0.912 bits per heavy atom. The minimum absolute atomic E-state index is 0.0178. The van der Waals surface area contributed by atoms with Crippen molar-refractivity contribution in [2.45, 2.75) is 89.8 Å². The van der Waals surface area contributed by atoms with E-state index in [1.54, 1.807) is 18.8 Å². The smallest absolute Gasteiger partial charge is 0.319 e. The number of benzene rings is 7. The molecule has 0 bridgehead atoms. The molecule has 0 aliphatic rings. The van der Waals surface area contributed by atoms with E-state index in [0.29, 0.717) is 0 Å². The minimum Gasteiger partial charge on any atom is -0.549 e. The Bertz CT molecular complexity index is 2340. The van der Waals surface area contributed by atoms with Crippen molar-refractivity contribution in [3.8, 4) is 0 Å². The normalized spacial score (nSPS) is 11.4. The van der Waals surface area contributed by atoms with Crippen molar-refractivity contribution in [1.82, 2.24) is 0 Å². The van der Waals surface area contributed by atoms with Gasteiger partial charge >= 0.3 is 8.32 Å². The molecule has 0 amide bonds. The van der Waals surface area contributed by atoms with Crippen LogP contribution in [0.4, 0.5) is 0 Å². The second-order valence-corrected chi connectivity index (χ2v) is 31.0. The van der Waals surface area contributed by atoms with Crippen molar-refractivity contribution in [2.75, 3.05) is 0 Å². The average Bonchev–Trinajstić information content (AvgIpc) is 3.34. The van der Waals surface area contributed by atoms with Gasteiger partial charge in [-0.25, -0.2) is 0 Å². The first-order chi connectivity index (χ1) is 32.8. The Morgan fingerprint density at radius 1 is 0.368 bits per heavy atom. The van der Waals surface area contributed by atoms with Crippen molar-refractivity contribution in [3.05, 3.63) is 277 Å². The summed E-state index contributed by atoms with van der Waals surface area (Å²) in [6.07, 6.45) is 4.92. The molecule has 3 nitrogen and oxygen atoms in total. The largest absolute Gasteiger partial charge is 0.549 e. The Kier molecular flexibility index (Phi) is 20.0. The lowest BCUT2D eigenvalue weighted by Gasteiger charge is -2.41. The van der Waals surface area contributed by atoms with E-state index < -0.39 is 25.0 Å². The zero-order valence-electron chi connectivity index (χ0n) is 41.8. The van der Waals surface area contributed by atoms with Gasteiger partial charge in [-0.15, -0.1) is 0 Å². The lowest BCUT2D eigenvalue weighted by molar-refractivity contribution is 0.446. The standard InChI is InChI=1S/C26H30OSi.2C18H22OSi/c1-5-27-28(18-24-12-6-21(2)7-13-24,19-25-14-8-22(3)9-15-25)20-26-16-10-23(4)11-17-26;1-5-19-20(18(2,3)4,16-12-8-6-9-13-16)17-14-10-7-11-15-17;1-3-19-20(4-2,15-17-11-7-5-8-12-17)16-18-13-9-6-10-14-18/h5-17H,1,18-20H2,2-4H3;5-15H,1H2,2-4H3;3,5-14H,1,4,15-16H2,2H3. The molecule has 0 unspecified atom stereocenters. The van der Waals surface area contributed by atoms with Crippen LogP contribution in [-0.4, -0.2) is 25.0 Å². The molecule has 0 aromatic heterocycles. The number of hydrogen-bond donors (Lipinski definition) is 0. The second kappa shape index (κ2) is 25.8. The van der Waals surface area contributed by atoms with E-state index >= 15 is 0 Å². The van der Waals surface area contributed by atoms with E-state index in [0.717, 1.165) is 36.3 Å². The summed E-state index contributed by atoms with van der Waals surface area (Å²) in [4.78, 5) is 0. The molecule has 68 heavy (non-hydrogen) atoms. The first-order valence-electron chi connectivity index (χ1n) is 24.0. The summed E-state index contributed by atoms with van der Waals surface area (Å²) in [7, 11) is -6.42. The summed E-state index contributed by atoms with van der Waals surface area (Å²) in [5.74, 6) is 0. The van der Waals surface area contributed by atoms with Gasteiger partial charge in [-0.3, -0.25) is 0 Å². The lowest BCUT2D eigenvalue weighted by atomic mass is 10.2. The third-order valence-electron chi connectivity index (χ3n) is 12.7. The summed E-state index contributed by atoms with van der Waals surface area (Å²) >= 11 is 0. The van der Waals surface area contributed by atoms with Crippen molar-refractivity contribution in [3.63, 3.8) is 0 Å². The molecule has 0 fully saturated rings. The van der Waals surface area contributed by atoms with Gasteiger partial charge < -0.3 is 13.3 Å². The molecule has 352 valence electrons. The monoisotopic (exact) mass is 950 g/mol. The van der Waals surface area contributed by atoms with Gasteiger partial charge in [0.05, 0.1) is 18.8 Å². The fraction of sp³-hybridized carbons (Fsp3) is 0.226. The molecular formula is C62H74O3Si3. The predicted octanol–water partition coefficient (Wildman–Crippen LogP) is 14.7. The summed E-state index contributed by atoms with van der Waals surface area (Å²) < 4.78 is 18.8. The molecule has 0 atom stereocenters. The van der Waals surface area contributed by atoms with Crippen LogP contribution in [0.1, 0.15) is 72.2 Å². The lowest BCUT2D eigenvalue weighted by Crippen LogP contribution is -2.65. The summed E-state index contributed by atoms with van der Waals surface area (Å²) in [5, 5.41) is 2.57. The van der Waals surface area contributed by atoms with Crippen LogP contribution in [0, 0.1) is 20.8 Å². The first kappa shape index (κ1) is 52.8. The third-order valence-corrected chi connectivity index (χ3v) is 25.5. The molecule has 7 aromatic carbocycles. The molecule has 7 rings (SSSR count). The van der Waals surface area contributed by atoms with Gasteiger partial charge in [-0.1, -0.05) is 258 Å². The highest BCUT2D eigenvalue weighted by Gasteiger charge is 2.51. The summed E-state index contributed by atoms with van der Waals surface area (Å²) in [5.41, 5.74) is 10.6. The van der Waals surface area contributed by atoms with Crippen LogP contribution in [0.5, 0.6) is 0 Å². The van der Waals surface area contributed by atoms with Gasteiger partial charge in [-0.2, -0.15) is 0 Å². The van der Waals surface area contributed by atoms with Crippen molar-refractivity contribution in [2.24, 2.45) is 0 Å². The van der Waals surface area contributed by atoms with Gasteiger partial charge in [0.25, 0.3) is 16.6 Å². The highest BCUT2D eigenvalue weighted by molar-refractivity contribution is 6.99. The van der Waals surface area contributed by atoms with Gasteiger partial charge in [0.15, 0.2) is 0 Å². The maximum Gasteiger partial charge on any atom is 0.319 e. The molecular weight excluding hydrogens is 877 g/mol. The Labute approximate surface area is 413 Å². The Balaban J connectivity index is 0.000000195. The highest BCUT2D eigenvalue weighted by atomic mass is 28.4. The van der Waals surface area contributed by atoms with Crippen molar-refractivity contribution in [1.29, 1.82) is 0 Å². The van der Waals surface area contributed by atoms with Crippen LogP contribution < -0.4 is 10.4 Å². The minimum atomic E-state index is -2.37. The van der Waals surface area contributed by atoms with Crippen LogP contribution in [0.3, 0.4) is 0 Å². The Hall–Kier alpha value is -6.19. The molecule has 0 N–H and O–H groups in total. The van der Waals surface area contributed by atoms with Gasteiger partial charge in [0.1, 0.15) is 0 Å². The fourth-order valence-corrected chi connectivity index (χ4v) is 20.6. The second-order valence-electron chi connectivity index (χ2n) is 19.0. The fourth-order valence-electron chi connectivity index (χ4n) is 9.13. The first-order valence-corrected chi connectivity index (χ1v) is 31.0. The zero-order valence-corrected chi connectivity index (χ0v) is 44.8. The van der Waals surface area contributed by atoms with E-state index in [1.807, 2.05) is 12.1 Å². The molecule has 6 heteroatoms. The van der Waals surface area contributed by atoms with Gasteiger partial charge in [0, 0.05) is 30.2 Å². The SMILES string of the molecule is C=CO[Si](CC)(Cc1ccccc1)Cc1ccccc1.C=CO[Si](Cc1ccc(C)cc1)(Cc1ccc(C)cc1)Cc1ccc(C)cc1.C=CO[Si](c1ccccc1)(c1ccccc1)C(C)(C)C. The van der Waals surface area contributed by atoms with Crippen LogP contribution in [0.2, 0.25) is 11.1 Å². The third kappa shape index (κ3) is 15.2.